The molecule has 0 amide bonds. The van der Waals surface area contributed by atoms with Crippen LogP contribution in [0.15, 0.2) is 12.2 Å². The maximum atomic E-state index is 10.4. The van der Waals surface area contributed by atoms with Crippen molar-refractivity contribution in [2.75, 3.05) is 6.61 Å². The summed E-state index contributed by atoms with van der Waals surface area (Å²) in [6, 6.07) is 0. The number of carboxylic acids is 1. The number of thioether (sulfide) groups is 1. The van der Waals surface area contributed by atoms with Gasteiger partial charge in [-0.3, -0.25) is 4.79 Å². The van der Waals surface area contributed by atoms with Gasteiger partial charge in [-0.2, -0.15) is 11.8 Å². The Morgan fingerprint density at radius 1 is 1.21 bits per heavy atom. The molecule has 0 saturated carbocycles. The molecule has 0 aromatic carbocycles. The van der Waals surface area contributed by atoms with E-state index in [9.17, 15) is 9.90 Å². The lowest BCUT2D eigenvalue weighted by Gasteiger charge is -2.28. The van der Waals surface area contributed by atoms with Gasteiger partial charge in [-0.05, 0) is 50.4 Å². The van der Waals surface area contributed by atoms with Crippen molar-refractivity contribution >= 4 is 17.7 Å². The molecule has 0 aromatic heterocycles. The maximum absolute atomic E-state index is 10.4. The predicted molar refractivity (Wildman–Crippen MR) is 78.3 cm³/mol. The minimum absolute atomic E-state index is 0.265. The summed E-state index contributed by atoms with van der Waals surface area (Å²) in [5.41, 5.74) is 0. The summed E-state index contributed by atoms with van der Waals surface area (Å²) in [6.45, 7) is 0.313. The largest absolute Gasteiger partial charge is 0.481 e. The number of unbranched alkanes of at least 4 members (excludes halogenated alkanes) is 1. The fourth-order valence-electron chi connectivity index (χ4n) is 3.49. The van der Waals surface area contributed by atoms with Crippen LogP contribution in [0.4, 0.5) is 0 Å². The topological polar surface area (TPSA) is 57.5 Å². The van der Waals surface area contributed by atoms with Crippen LogP contribution < -0.4 is 0 Å². The summed E-state index contributed by atoms with van der Waals surface area (Å²) in [4.78, 5) is 10.4. The van der Waals surface area contributed by atoms with Gasteiger partial charge in [0.05, 0.1) is 0 Å². The van der Waals surface area contributed by atoms with Crippen molar-refractivity contribution in [1.82, 2.24) is 0 Å². The molecular formula is C15H24O3S. The number of rotatable bonds is 8. The number of hydrogen-bond acceptors (Lipinski definition) is 3. The van der Waals surface area contributed by atoms with Crippen molar-refractivity contribution in [2.24, 2.45) is 11.8 Å². The average Bonchev–Trinajstić information content (AvgIpc) is 2.95. The highest BCUT2D eigenvalue weighted by atomic mass is 32.2. The highest BCUT2D eigenvalue weighted by Crippen LogP contribution is 2.55. The molecule has 0 unspecified atom stereocenters. The summed E-state index contributed by atoms with van der Waals surface area (Å²) in [5, 5.41) is 19.3. The monoisotopic (exact) mass is 284 g/mol. The third-order valence-corrected chi connectivity index (χ3v) is 6.26. The van der Waals surface area contributed by atoms with Gasteiger partial charge in [-0.25, -0.2) is 0 Å². The summed E-state index contributed by atoms with van der Waals surface area (Å²) >= 11 is 2.14. The van der Waals surface area contributed by atoms with Crippen LogP contribution in [0.3, 0.4) is 0 Å². The fourth-order valence-corrected chi connectivity index (χ4v) is 5.54. The highest BCUT2D eigenvalue weighted by Gasteiger charge is 2.46. The quantitative estimate of drug-likeness (QED) is 0.531. The Bertz CT molecular complexity index is 329. The zero-order chi connectivity index (χ0) is 13.7. The standard InChI is InChI=1S/C15H24O3S/c16-10-9-12-11(13-7-8-14(12)19-13)5-3-1-2-4-6-15(17)18/h1,3,11-14,16H,2,4-10H2,(H,17,18)/b3-1-/t11-,12+,13-,14+/m1/s1. The molecule has 2 aliphatic heterocycles. The molecule has 0 aromatic rings. The van der Waals surface area contributed by atoms with Crippen molar-refractivity contribution in [3.8, 4) is 0 Å². The first-order valence-electron chi connectivity index (χ1n) is 7.35. The molecule has 2 aliphatic rings. The lowest BCUT2D eigenvalue weighted by Crippen LogP contribution is -2.27. The van der Waals surface area contributed by atoms with Crippen LogP contribution in [0, 0.1) is 11.8 Å². The zero-order valence-electron chi connectivity index (χ0n) is 11.3. The summed E-state index contributed by atoms with van der Waals surface area (Å²) in [5.74, 6) is 0.713. The molecule has 3 nitrogen and oxygen atoms in total. The number of aliphatic hydroxyl groups excluding tert-OH is 1. The molecular weight excluding hydrogens is 260 g/mol. The highest BCUT2D eigenvalue weighted by molar-refractivity contribution is 8.01. The van der Waals surface area contributed by atoms with E-state index >= 15 is 0 Å². The Balaban J connectivity index is 1.72. The Morgan fingerprint density at radius 2 is 1.95 bits per heavy atom. The summed E-state index contributed by atoms with van der Waals surface area (Å²) in [6.07, 6.45) is 11.0. The number of allylic oxidation sites excluding steroid dienone is 2. The second-order valence-corrected chi connectivity index (χ2v) is 7.11. The van der Waals surface area contributed by atoms with Crippen LogP contribution in [0.25, 0.3) is 0 Å². The van der Waals surface area contributed by atoms with Crippen LogP contribution in [-0.2, 0) is 4.79 Å². The molecule has 108 valence electrons. The number of carboxylic acid groups (broad SMARTS) is 1. The van der Waals surface area contributed by atoms with Gasteiger partial charge < -0.3 is 10.2 Å². The van der Waals surface area contributed by atoms with Gasteiger partial charge in [0, 0.05) is 23.5 Å². The molecule has 2 saturated heterocycles. The van der Waals surface area contributed by atoms with Crippen molar-refractivity contribution in [2.45, 2.75) is 55.4 Å². The first kappa shape index (κ1) is 14.9. The van der Waals surface area contributed by atoms with Crippen LogP contribution in [0.2, 0.25) is 0 Å². The number of aliphatic carboxylic acids is 1. The molecule has 2 fully saturated rings. The third-order valence-electron chi connectivity index (χ3n) is 4.39. The molecule has 0 radical (unpaired) electrons. The van der Waals surface area contributed by atoms with Crippen molar-refractivity contribution in [3.05, 3.63) is 12.2 Å². The molecule has 2 heterocycles. The SMILES string of the molecule is O=C(O)CCC/C=C\C[C@@H]1[C@H](CCO)[C@@H]2CC[C@H]1S2. The lowest BCUT2D eigenvalue weighted by molar-refractivity contribution is -0.137. The lowest BCUT2D eigenvalue weighted by atomic mass is 9.76. The van der Waals surface area contributed by atoms with Gasteiger partial charge >= 0.3 is 5.97 Å². The number of hydrogen-bond donors (Lipinski definition) is 2. The van der Waals surface area contributed by atoms with E-state index in [2.05, 4.69) is 23.9 Å². The van der Waals surface area contributed by atoms with Gasteiger partial charge in [0.1, 0.15) is 0 Å². The number of carbonyl (C=O) groups is 1. The second-order valence-electron chi connectivity index (χ2n) is 5.62. The fraction of sp³-hybridized carbons (Fsp3) is 0.800. The normalized spacial score (nSPS) is 33.3. The average molecular weight is 284 g/mol. The van der Waals surface area contributed by atoms with E-state index in [0.717, 1.165) is 42.1 Å². The van der Waals surface area contributed by atoms with E-state index in [1.807, 2.05) is 0 Å². The summed E-state index contributed by atoms with van der Waals surface area (Å²) < 4.78 is 0. The minimum atomic E-state index is -0.707. The van der Waals surface area contributed by atoms with E-state index < -0.39 is 5.97 Å². The molecule has 4 atom stereocenters. The van der Waals surface area contributed by atoms with Crippen LogP contribution in [0.5, 0.6) is 0 Å². The van der Waals surface area contributed by atoms with E-state index in [0.29, 0.717) is 12.5 Å². The van der Waals surface area contributed by atoms with Gasteiger partial charge in [0.2, 0.25) is 0 Å². The Kier molecular flexibility index (Phi) is 5.76. The van der Waals surface area contributed by atoms with Gasteiger partial charge in [-0.1, -0.05) is 12.2 Å². The summed E-state index contributed by atoms with van der Waals surface area (Å²) in [7, 11) is 0. The molecule has 2 N–H and O–H groups in total. The molecule has 4 heteroatoms. The number of aliphatic hydroxyl groups is 1. The van der Waals surface area contributed by atoms with Crippen molar-refractivity contribution < 1.29 is 15.0 Å². The smallest absolute Gasteiger partial charge is 0.303 e. The van der Waals surface area contributed by atoms with Gasteiger partial charge in [-0.15, -0.1) is 0 Å². The Morgan fingerprint density at radius 3 is 2.63 bits per heavy atom. The third kappa shape index (κ3) is 3.99. The molecule has 2 bridgehead atoms. The molecule has 2 rings (SSSR count). The van der Waals surface area contributed by atoms with Gasteiger partial charge in [0.25, 0.3) is 0 Å². The van der Waals surface area contributed by atoms with Crippen LogP contribution >= 0.6 is 11.8 Å². The first-order chi connectivity index (χ1) is 9.22. The van der Waals surface area contributed by atoms with Crippen molar-refractivity contribution in [1.29, 1.82) is 0 Å². The predicted octanol–water partition coefficient (Wildman–Crippen LogP) is 3.08. The Labute approximate surface area is 119 Å². The maximum Gasteiger partial charge on any atom is 0.303 e. The van der Waals surface area contributed by atoms with E-state index in [-0.39, 0.29) is 6.42 Å². The molecule has 0 spiro atoms. The number of fused-ring (bicyclic) bond motifs is 2. The Hall–Kier alpha value is -0.480. The molecule has 19 heavy (non-hydrogen) atoms. The van der Waals surface area contributed by atoms with E-state index in [4.69, 9.17) is 5.11 Å². The molecule has 0 aliphatic carbocycles. The van der Waals surface area contributed by atoms with Crippen LogP contribution in [0.1, 0.15) is 44.9 Å². The van der Waals surface area contributed by atoms with E-state index in [1.165, 1.54) is 12.8 Å². The second kappa shape index (κ2) is 7.34. The van der Waals surface area contributed by atoms with E-state index in [1.54, 1.807) is 0 Å². The first-order valence-corrected chi connectivity index (χ1v) is 8.29. The minimum Gasteiger partial charge on any atom is -0.481 e. The van der Waals surface area contributed by atoms with Gasteiger partial charge in [0.15, 0.2) is 0 Å². The zero-order valence-corrected chi connectivity index (χ0v) is 12.1. The van der Waals surface area contributed by atoms with Crippen LogP contribution in [-0.4, -0.2) is 33.3 Å². The van der Waals surface area contributed by atoms with Crippen molar-refractivity contribution in [3.63, 3.8) is 0 Å².